The minimum absolute atomic E-state index is 0. The van der Waals surface area contributed by atoms with E-state index in [1.165, 1.54) is 19.3 Å². The molecule has 0 saturated carbocycles. The van der Waals surface area contributed by atoms with Gasteiger partial charge in [-0.2, -0.15) is 0 Å². The topological polar surface area (TPSA) is 41.9 Å². The highest BCUT2D eigenvalue weighted by atomic mass is 35.5. The van der Waals surface area contributed by atoms with Crippen molar-refractivity contribution in [3.8, 4) is 11.5 Å². The first-order valence-electron chi connectivity index (χ1n) is 8.89. The van der Waals surface area contributed by atoms with Gasteiger partial charge in [-0.05, 0) is 50.8 Å². The lowest BCUT2D eigenvalue weighted by Crippen LogP contribution is -2.48. The van der Waals surface area contributed by atoms with Crippen LogP contribution in [0.1, 0.15) is 38.7 Å². The predicted molar refractivity (Wildman–Crippen MR) is 105 cm³/mol. The smallest absolute Gasteiger partial charge is 0.161 e. The van der Waals surface area contributed by atoms with Gasteiger partial charge in [-0.3, -0.25) is 4.90 Å². The number of hydrogen-bond acceptors (Lipinski definition) is 4. The van der Waals surface area contributed by atoms with E-state index in [1.807, 2.05) is 24.3 Å². The Morgan fingerprint density at radius 1 is 1.28 bits per heavy atom. The van der Waals surface area contributed by atoms with Crippen molar-refractivity contribution in [3.63, 3.8) is 0 Å². The molecule has 1 aliphatic heterocycles. The van der Waals surface area contributed by atoms with Crippen molar-refractivity contribution < 1.29 is 14.6 Å². The summed E-state index contributed by atoms with van der Waals surface area (Å²) in [5.41, 5.74) is 1.13. The van der Waals surface area contributed by atoms with Gasteiger partial charge in [0.25, 0.3) is 0 Å². The molecule has 0 amide bonds. The average Bonchev–Trinajstić information content (AvgIpc) is 2.57. The molecule has 1 aromatic carbocycles. The summed E-state index contributed by atoms with van der Waals surface area (Å²) in [7, 11) is 1.63. The Labute approximate surface area is 158 Å². The minimum atomic E-state index is -0.509. The van der Waals surface area contributed by atoms with Crippen LogP contribution in [-0.2, 0) is 6.42 Å². The molecule has 0 radical (unpaired) electrons. The number of allylic oxidation sites excluding steroid dienone is 1. The van der Waals surface area contributed by atoms with Crippen molar-refractivity contribution in [2.24, 2.45) is 0 Å². The largest absolute Gasteiger partial charge is 0.493 e. The third-order valence-corrected chi connectivity index (χ3v) is 4.84. The molecular weight excluding hydrogens is 338 g/mol. The number of rotatable bonds is 8. The number of ether oxygens (including phenoxy) is 2. The third-order valence-electron chi connectivity index (χ3n) is 4.84. The van der Waals surface area contributed by atoms with E-state index < -0.39 is 6.10 Å². The van der Waals surface area contributed by atoms with Crippen molar-refractivity contribution in [2.45, 2.75) is 57.7 Å². The standard InChI is InChI=1S/C20H31NO3.ClH/c1-5-7-17-10-11-19(20(12-17)23-4)24-14-18(22)13-21-15(2)8-6-9-16(21)3;/h5,10-12,15-16,18,22H,1,6-9,13-14H2,2-4H3;1H. The van der Waals surface area contributed by atoms with E-state index in [-0.39, 0.29) is 19.0 Å². The van der Waals surface area contributed by atoms with Gasteiger partial charge in [-0.15, -0.1) is 19.0 Å². The summed E-state index contributed by atoms with van der Waals surface area (Å²) in [5.74, 6) is 1.37. The highest BCUT2D eigenvalue weighted by Gasteiger charge is 2.26. The number of aliphatic hydroxyl groups is 1. The van der Waals surface area contributed by atoms with Crippen molar-refractivity contribution in [1.82, 2.24) is 4.90 Å². The van der Waals surface area contributed by atoms with Crippen LogP contribution < -0.4 is 9.47 Å². The van der Waals surface area contributed by atoms with Crippen molar-refractivity contribution in [2.75, 3.05) is 20.3 Å². The minimum Gasteiger partial charge on any atom is -0.493 e. The van der Waals surface area contributed by atoms with Crippen molar-refractivity contribution in [3.05, 3.63) is 36.4 Å². The maximum absolute atomic E-state index is 10.4. The first-order chi connectivity index (χ1) is 11.5. The maximum atomic E-state index is 10.4. The Morgan fingerprint density at radius 3 is 2.56 bits per heavy atom. The summed E-state index contributed by atoms with van der Waals surface area (Å²) < 4.78 is 11.2. The van der Waals surface area contributed by atoms with Gasteiger partial charge < -0.3 is 14.6 Å². The summed E-state index contributed by atoms with van der Waals surface area (Å²) in [5, 5.41) is 10.4. The van der Waals surface area contributed by atoms with Gasteiger partial charge in [-0.25, -0.2) is 0 Å². The van der Waals surface area contributed by atoms with Gasteiger partial charge in [-0.1, -0.05) is 18.6 Å². The summed E-state index contributed by atoms with van der Waals surface area (Å²) in [6.07, 6.45) is 5.84. The molecule has 4 nitrogen and oxygen atoms in total. The summed E-state index contributed by atoms with van der Waals surface area (Å²) in [4.78, 5) is 2.39. The lowest BCUT2D eigenvalue weighted by molar-refractivity contribution is 0.0204. The number of methoxy groups -OCH3 is 1. The molecule has 1 aliphatic rings. The molecule has 1 fully saturated rings. The molecule has 2 rings (SSSR count). The summed E-state index contributed by atoms with van der Waals surface area (Å²) in [6.45, 7) is 9.16. The molecule has 142 valence electrons. The van der Waals surface area contributed by atoms with Crippen LogP contribution in [0.4, 0.5) is 0 Å². The fraction of sp³-hybridized carbons (Fsp3) is 0.600. The van der Waals surface area contributed by atoms with Crippen molar-refractivity contribution >= 4 is 12.4 Å². The van der Waals surface area contributed by atoms with Gasteiger partial charge in [0, 0.05) is 18.6 Å². The lowest BCUT2D eigenvalue weighted by atomic mass is 9.97. The van der Waals surface area contributed by atoms with Crippen LogP contribution in [0.25, 0.3) is 0 Å². The van der Waals surface area contributed by atoms with Crippen LogP contribution in [0, 0.1) is 0 Å². The number of benzene rings is 1. The Bertz CT molecular complexity index is 528. The second kappa shape index (κ2) is 10.7. The molecule has 0 spiro atoms. The quantitative estimate of drug-likeness (QED) is 0.707. The van der Waals surface area contributed by atoms with E-state index >= 15 is 0 Å². The van der Waals surface area contributed by atoms with E-state index in [9.17, 15) is 5.11 Å². The zero-order valence-corrected chi connectivity index (χ0v) is 16.4. The number of nitrogens with zero attached hydrogens (tertiary/aromatic N) is 1. The van der Waals surface area contributed by atoms with Gasteiger partial charge >= 0.3 is 0 Å². The fourth-order valence-electron chi connectivity index (χ4n) is 3.44. The van der Waals surface area contributed by atoms with E-state index in [2.05, 4.69) is 25.3 Å². The monoisotopic (exact) mass is 369 g/mol. The Kier molecular flexibility index (Phi) is 9.33. The summed E-state index contributed by atoms with van der Waals surface area (Å²) in [6, 6.07) is 6.90. The van der Waals surface area contributed by atoms with Crippen molar-refractivity contribution in [1.29, 1.82) is 0 Å². The van der Waals surface area contributed by atoms with Crippen LogP contribution >= 0.6 is 12.4 Å². The Morgan fingerprint density at radius 2 is 1.96 bits per heavy atom. The van der Waals surface area contributed by atoms with Crippen LogP contribution in [0.3, 0.4) is 0 Å². The molecular formula is C20H32ClNO3. The van der Waals surface area contributed by atoms with E-state index in [1.54, 1.807) is 7.11 Å². The van der Waals surface area contributed by atoms with Gasteiger partial charge in [0.2, 0.25) is 0 Å². The van der Waals surface area contributed by atoms with Gasteiger partial charge in [0.1, 0.15) is 12.7 Å². The van der Waals surface area contributed by atoms with Gasteiger partial charge in [0.05, 0.1) is 7.11 Å². The van der Waals surface area contributed by atoms with Crippen LogP contribution in [0.15, 0.2) is 30.9 Å². The first kappa shape index (κ1) is 21.8. The normalized spacial score (nSPS) is 21.9. The SMILES string of the molecule is C=CCc1ccc(OCC(O)CN2C(C)CCCC2C)c(OC)c1.Cl. The number of likely N-dealkylation sites (tertiary alicyclic amines) is 1. The highest BCUT2D eigenvalue weighted by Crippen LogP contribution is 2.29. The number of piperidine rings is 1. The van der Waals surface area contributed by atoms with Gasteiger partial charge in [0.15, 0.2) is 11.5 Å². The molecule has 0 aliphatic carbocycles. The molecule has 1 aromatic rings. The molecule has 1 heterocycles. The first-order valence-corrected chi connectivity index (χ1v) is 8.89. The molecule has 0 bridgehead atoms. The van der Waals surface area contributed by atoms with Crippen LogP contribution in [0.2, 0.25) is 0 Å². The van der Waals surface area contributed by atoms with Crippen LogP contribution in [-0.4, -0.2) is 48.5 Å². The van der Waals surface area contributed by atoms with E-state index in [4.69, 9.17) is 9.47 Å². The Balaban J connectivity index is 0.00000312. The van der Waals surface area contributed by atoms with E-state index in [0.717, 1.165) is 12.0 Å². The number of hydrogen-bond donors (Lipinski definition) is 1. The molecule has 3 atom stereocenters. The average molecular weight is 370 g/mol. The Hall–Kier alpha value is -1.23. The molecule has 25 heavy (non-hydrogen) atoms. The molecule has 0 aromatic heterocycles. The van der Waals surface area contributed by atoms with Crippen LogP contribution in [0.5, 0.6) is 11.5 Å². The molecule has 5 heteroatoms. The molecule has 1 N–H and O–H groups in total. The summed E-state index contributed by atoms with van der Waals surface area (Å²) >= 11 is 0. The fourth-order valence-corrected chi connectivity index (χ4v) is 3.44. The number of aliphatic hydroxyl groups excluding tert-OH is 1. The zero-order chi connectivity index (χ0) is 17.5. The maximum Gasteiger partial charge on any atom is 0.161 e. The molecule has 1 saturated heterocycles. The third kappa shape index (κ3) is 6.21. The number of halogens is 1. The predicted octanol–water partition coefficient (Wildman–Crippen LogP) is 3.85. The highest BCUT2D eigenvalue weighted by molar-refractivity contribution is 5.85. The molecule has 3 unspecified atom stereocenters. The number of β-amino-alcohol motifs (C(OH)–C–C–N with tert-alkyl or cyclic N) is 1. The lowest BCUT2D eigenvalue weighted by Gasteiger charge is -2.40. The second-order valence-electron chi connectivity index (χ2n) is 6.77. The second-order valence-corrected chi connectivity index (χ2v) is 6.77. The van der Waals surface area contributed by atoms with E-state index in [0.29, 0.717) is 30.1 Å². The zero-order valence-electron chi connectivity index (χ0n) is 15.6.